The summed E-state index contributed by atoms with van der Waals surface area (Å²) in [5.41, 5.74) is 5.68. The number of aromatic nitrogens is 1. The van der Waals surface area contributed by atoms with Crippen molar-refractivity contribution in [3.8, 4) is 0 Å². The van der Waals surface area contributed by atoms with E-state index in [2.05, 4.69) is 23.6 Å². The van der Waals surface area contributed by atoms with Crippen molar-refractivity contribution in [2.45, 2.75) is 58.4 Å². The number of halogens is 2. The number of piperidine rings is 1. The van der Waals surface area contributed by atoms with Gasteiger partial charge in [-0.1, -0.05) is 30.3 Å². The van der Waals surface area contributed by atoms with E-state index in [1.165, 1.54) is 0 Å². The standard InChI is InChI=1S/C29H32ClFN2O/c1-18-4-7-25(20(3)32-11-8-21(9-12-32)14-19(2)34)28(30)26(18)17-33-13-10-23-15-24(22-5-6-22)16-27(31)29(23)33/h4,7,10,13,15-16,21-22H,3,5-6,8-9,11-12,14,17H2,1-2H3. The number of rotatable bonds is 7. The van der Waals surface area contributed by atoms with Crippen LogP contribution in [0.5, 0.6) is 0 Å². The van der Waals surface area contributed by atoms with Gasteiger partial charge >= 0.3 is 0 Å². The quantitative estimate of drug-likeness (QED) is 0.355. The Hall–Kier alpha value is -2.59. The first kappa shape index (κ1) is 23.2. The van der Waals surface area contributed by atoms with Crippen molar-refractivity contribution in [3.63, 3.8) is 0 Å². The third-order valence-electron chi connectivity index (χ3n) is 7.57. The summed E-state index contributed by atoms with van der Waals surface area (Å²) in [6.07, 6.45) is 6.93. The monoisotopic (exact) mass is 478 g/mol. The summed E-state index contributed by atoms with van der Waals surface area (Å²) in [4.78, 5) is 13.8. The number of nitrogens with zero attached hydrogens (tertiary/aromatic N) is 2. The molecule has 0 unspecified atom stereocenters. The predicted octanol–water partition coefficient (Wildman–Crippen LogP) is 7.33. The molecule has 0 atom stereocenters. The Kier molecular flexibility index (Phi) is 6.28. The molecule has 2 heterocycles. The molecule has 0 spiro atoms. The van der Waals surface area contributed by atoms with Crippen LogP contribution in [-0.4, -0.2) is 28.3 Å². The van der Waals surface area contributed by atoms with Crippen molar-refractivity contribution in [1.29, 1.82) is 0 Å². The fraction of sp³-hybridized carbons (Fsp3) is 0.414. The zero-order chi connectivity index (χ0) is 24.0. The Balaban J connectivity index is 1.39. The zero-order valence-electron chi connectivity index (χ0n) is 20.0. The van der Waals surface area contributed by atoms with Crippen molar-refractivity contribution in [2.75, 3.05) is 13.1 Å². The number of aryl methyl sites for hydroxylation is 1. The molecule has 2 aromatic carbocycles. The first-order valence-electron chi connectivity index (χ1n) is 12.3. The highest BCUT2D eigenvalue weighted by Gasteiger charge is 2.26. The molecule has 178 valence electrons. The van der Waals surface area contributed by atoms with Crippen molar-refractivity contribution in [3.05, 3.63) is 76.2 Å². The van der Waals surface area contributed by atoms with Crippen LogP contribution in [0, 0.1) is 18.7 Å². The lowest BCUT2D eigenvalue weighted by atomic mass is 9.91. The fourth-order valence-corrected chi connectivity index (χ4v) is 5.77. The average Bonchev–Trinajstić information content (AvgIpc) is 3.57. The topological polar surface area (TPSA) is 25.2 Å². The molecule has 5 rings (SSSR count). The van der Waals surface area contributed by atoms with Gasteiger partial charge in [0.15, 0.2) is 0 Å². The minimum Gasteiger partial charge on any atom is -0.371 e. The second-order valence-electron chi connectivity index (χ2n) is 10.2. The number of carbonyl (C=O) groups is 1. The minimum absolute atomic E-state index is 0.160. The molecule has 3 aromatic rings. The number of hydrogen-bond donors (Lipinski definition) is 0. The Morgan fingerprint density at radius 2 is 1.88 bits per heavy atom. The fourth-order valence-electron chi connectivity index (χ4n) is 5.39. The lowest BCUT2D eigenvalue weighted by Gasteiger charge is -2.35. The van der Waals surface area contributed by atoms with Crippen molar-refractivity contribution in [2.24, 2.45) is 5.92 Å². The lowest BCUT2D eigenvalue weighted by molar-refractivity contribution is -0.118. The van der Waals surface area contributed by atoms with Crippen LogP contribution < -0.4 is 0 Å². The van der Waals surface area contributed by atoms with Crippen molar-refractivity contribution in [1.82, 2.24) is 9.47 Å². The van der Waals surface area contributed by atoms with Crippen molar-refractivity contribution >= 4 is 34.0 Å². The third kappa shape index (κ3) is 4.53. The van der Waals surface area contributed by atoms with Gasteiger partial charge in [0, 0.05) is 48.9 Å². The van der Waals surface area contributed by atoms with E-state index >= 15 is 4.39 Å². The second-order valence-corrected chi connectivity index (χ2v) is 10.5. The van der Waals surface area contributed by atoms with Gasteiger partial charge in [-0.3, -0.25) is 0 Å². The Bertz CT molecular complexity index is 1260. The predicted molar refractivity (Wildman–Crippen MR) is 138 cm³/mol. The van der Waals surface area contributed by atoms with Gasteiger partial charge in [0.1, 0.15) is 11.6 Å². The number of benzene rings is 2. The molecule has 1 saturated carbocycles. The maximum absolute atomic E-state index is 15.1. The van der Waals surface area contributed by atoms with Gasteiger partial charge in [-0.05, 0) is 86.3 Å². The molecule has 0 amide bonds. The van der Waals surface area contributed by atoms with Crippen LogP contribution in [0.4, 0.5) is 4.39 Å². The van der Waals surface area contributed by atoms with Crippen LogP contribution in [-0.2, 0) is 11.3 Å². The molecule has 34 heavy (non-hydrogen) atoms. The lowest BCUT2D eigenvalue weighted by Crippen LogP contribution is -2.32. The molecule has 1 aromatic heterocycles. The van der Waals surface area contributed by atoms with Gasteiger partial charge < -0.3 is 14.3 Å². The molecule has 3 nitrogen and oxygen atoms in total. The summed E-state index contributed by atoms with van der Waals surface area (Å²) in [5.74, 6) is 1.09. The van der Waals surface area contributed by atoms with E-state index in [-0.39, 0.29) is 11.6 Å². The van der Waals surface area contributed by atoms with Gasteiger partial charge in [-0.2, -0.15) is 0 Å². The van der Waals surface area contributed by atoms with Crippen LogP contribution in [0.15, 0.2) is 43.1 Å². The van der Waals surface area contributed by atoms with Gasteiger partial charge in [-0.15, -0.1) is 0 Å². The molecule has 0 bridgehead atoms. The van der Waals surface area contributed by atoms with Crippen LogP contribution >= 0.6 is 11.6 Å². The molecule has 5 heteroatoms. The van der Waals surface area contributed by atoms with E-state index in [0.717, 1.165) is 72.1 Å². The maximum atomic E-state index is 15.1. The zero-order valence-corrected chi connectivity index (χ0v) is 20.8. The number of likely N-dealkylation sites (tertiary alicyclic amines) is 1. The third-order valence-corrected chi connectivity index (χ3v) is 8.01. The Morgan fingerprint density at radius 3 is 2.56 bits per heavy atom. The number of ketones is 1. The van der Waals surface area contributed by atoms with E-state index < -0.39 is 0 Å². The molecule has 1 aliphatic heterocycles. The first-order chi connectivity index (χ1) is 16.3. The van der Waals surface area contributed by atoms with E-state index in [4.69, 9.17) is 11.6 Å². The van der Waals surface area contributed by atoms with Crippen LogP contribution in [0.3, 0.4) is 0 Å². The average molecular weight is 479 g/mol. The van der Waals surface area contributed by atoms with Gasteiger partial charge in [-0.25, -0.2) is 4.39 Å². The second kappa shape index (κ2) is 9.22. The minimum atomic E-state index is -0.160. The summed E-state index contributed by atoms with van der Waals surface area (Å²) in [7, 11) is 0. The largest absolute Gasteiger partial charge is 0.371 e. The van der Waals surface area contributed by atoms with Crippen molar-refractivity contribution < 1.29 is 9.18 Å². The van der Waals surface area contributed by atoms with Gasteiger partial charge in [0.2, 0.25) is 0 Å². The normalized spacial score (nSPS) is 16.9. The molecular weight excluding hydrogens is 447 g/mol. The van der Waals surface area contributed by atoms with Crippen LogP contribution in [0.2, 0.25) is 5.02 Å². The highest BCUT2D eigenvalue weighted by molar-refractivity contribution is 6.33. The van der Waals surface area contributed by atoms with E-state index in [1.807, 2.05) is 29.8 Å². The maximum Gasteiger partial charge on any atom is 0.147 e. The number of hydrogen-bond acceptors (Lipinski definition) is 2. The van der Waals surface area contributed by atoms with Crippen LogP contribution in [0.1, 0.15) is 67.2 Å². The Morgan fingerprint density at radius 1 is 1.15 bits per heavy atom. The number of Topliss-reactive ketones (excluding diaryl/α,β-unsaturated/α-hetero) is 1. The smallest absolute Gasteiger partial charge is 0.147 e. The van der Waals surface area contributed by atoms with E-state index in [0.29, 0.717) is 35.3 Å². The molecule has 1 saturated heterocycles. The highest BCUT2D eigenvalue weighted by Crippen LogP contribution is 2.42. The number of fused-ring (bicyclic) bond motifs is 1. The molecule has 2 fully saturated rings. The molecule has 2 aliphatic rings. The molecule has 0 N–H and O–H groups in total. The SMILES string of the molecule is C=C(c1ccc(C)c(Cn2ccc3cc(C4CC4)cc(F)c32)c1Cl)N1CCC(CC(C)=O)CC1. The molecular formula is C29H32ClFN2O. The number of carbonyl (C=O) groups excluding carboxylic acids is 1. The first-order valence-corrected chi connectivity index (χ1v) is 12.7. The van der Waals surface area contributed by atoms with Gasteiger partial charge in [0.05, 0.1) is 10.5 Å². The summed E-state index contributed by atoms with van der Waals surface area (Å²) >= 11 is 6.97. The van der Waals surface area contributed by atoms with Crippen LogP contribution in [0.25, 0.3) is 16.6 Å². The van der Waals surface area contributed by atoms with E-state index in [9.17, 15) is 4.79 Å². The highest BCUT2D eigenvalue weighted by atomic mass is 35.5. The molecule has 1 aliphatic carbocycles. The molecule has 0 radical (unpaired) electrons. The van der Waals surface area contributed by atoms with E-state index in [1.54, 1.807) is 13.0 Å². The summed E-state index contributed by atoms with van der Waals surface area (Å²) < 4.78 is 17.1. The summed E-state index contributed by atoms with van der Waals surface area (Å²) in [6, 6.07) is 9.97. The Labute approximate surface area is 206 Å². The van der Waals surface area contributed by atoms with Gasteiger partial charge in [0.25, 0.3) is 0 Å². The summed E-state index contributed by atoms with van der Waals surface area (Å²) in [5, 5.41) is 1.64. The summed E-state index contributed by atoms with van der Waals surface area (Å²) in [6.45, 7) is 10.4.